The summed E-state index contributed by atoms with van der Waals surface area (Å²) in [6.45, 7) is 1.74. The van der Waals surface area contributed by atoms with E-state index in [1.54, 1.807) is 29.9 Å². The monoisotopic (exact) mass is 394 g/mol. The molecule has 0 radical (unpaired) electrons. The number of hydrogen-bond donors (Lipinski definition) is 1. The van der Waals surface area contributed by atoms with Crippen molar-refractivity contribution in [1.29, 1.82) is 0 Å². The first-order chi connectivity index (χ1) is 13.9. The van der Waals surface area contributed by atoms with Crippen LogP contribution < -0.4 is 5.32 Å². The minimum Gasteiger partial charge on any atom is -0.465 e. The molecule has 2 aromatic heterocycles. The molecule has 0 fully saturated rings. The molecule has 29 heavy (non-hydrogen) atoms. The summed E-state index contributed by atoms with van der Waals surface area (Å²) in [5.41, 5.74) is 1.35. The zero-order chi connectivity index (χ0) is 21.0. The van der Waals surface area contributed by atoms with Gasteiger partial charge < -0.3 is 14.8 Å². The van der Waals surface area contributed by atoms with E-state index in [1.165, 1.54) is 38.6 Å². The van der Waals surface area contributed by atoms with Gasteiger partial charge in [0.05, 0.1) is 42.8 Å². The highest BCUT2D eigenvalue weighted by molar-refractivity contribution is 6.06. The third kappa shape index (κ3) is 4.13. The summed E-state index contributed by atoms with van der Waals surface area (Å²) in [7, 11) is 2.45. The summed E-state index contributed by atoms with van der Waals surface area (Å²) < 4.78 is 10.9. The first-order valence-corrected chi connectivity index (χ1v) is 8.53. The number of nitrogens with one attached hydrogen (secondary N) is 1. The number of nitrogens with zero attached hydrogens (tertiary/aromatic N) is 3. The molecule has 0 atom stereocenters. The van der Waals surface area contributed by atoms with Crippen molar-refractivity contribution in [3.05, 3.63) is 71.2 Å². The molecule has 9 heteroatoms. The number of anilines is 1. The number of rotatable bonds is 5. The van der Waals surface area contributed by atoms with Gasteiger partial charge >= 0.3 is 11.9 Å². The average molecular weight is 394 g/mol. The van der Waals surface area contributed by atoms with Crippen LogP contribution in [0.5, 0.6) is 0 Å². The summed E-state index contributed by atoms with van der Waals surface area (Å²) >= 11 is 0. The lowest BCUT2D eigenvalue weighted by molar-refractivity contribution is 0.0599. The number of hydrogen-bond acceptors (Lipinski definition) is 7. The third-order valence-corrected chi connectivity index (χ3v) is 4.15. The Morgan fingerprint density at radius 3 is 2.21 bits per heavy atom. The van der Waals surface area contributed by atoms with Crippen LogP contribution in [0.3, 0.4) is 0 Å². The summed E-state index contributed by atoms with van der Waals surface area (Å²) in [6.07, 6.45) is 3.05. The molecule has 0 spiro atoms. The van der Waals surface area contributed by atoms with Crippen LogP contribution in [0.25, 0.3) is 5.82 Å². The van der Waals surface area contributed by atoms with E-state index in [4.69, 9.17) is 9.47 Å². The van der Waals surface area contributed by atoms with Crippen molar-refractivity contribution in [3.8, 4) is 5.82 Å². The van der Waals surface area contributed by atoms with Crippen molar-refractivity contribution in [2.24, 2.45) is 0 Å². The number of pyridine rings is 1. The van der Waals surface area contributed by atoms with E-state index in [0.29, 0.717) is 17.1 Å². The Morgan fingerprint density at radius 1 is 1.00 bits per heavy atom. The lowest BCUT2D eigenvalue weighted by atomic mass is 10.1. The van der Waals surface area contributed by atoms with E-state index in [2.05, 4.69) is 15.4 Å². The normalized spacial score (nSPS) is 10.3. The van der Waals surface area contributed by atoms with Gasteiger partial charge in [-0.05, 0) is 37.3 Å². The SMILES string of the molecule is COC(=O)c1cc(NC(=O)c2cnn(-c3ccccn3)c2C)cc(C(=O)OC)c1. The van der Waals surface area contributed by atoms with Crippen molar-refractivity contribution in [2.75, 3.05) is 19.5 Å². The predicted octanol–water partition coefficient (Wildman–Crippen LogP) is 2.40. The molecular weight excluding hydrogens is 376 g/mol. The third-order valence-electron chi connectivity index (χ3n) is 4.15. The Balaban J connectivity index is 1.92. The highest BCUT2D eigenvalue weighted by Gasteiger charge is 2.18. The number of ether oxygens (including phenoxy) is 2. The van der Waals surface area contributed by atoms with E-state index in [9.17, 15) is 14.4 Å². The van der Waals surface area contributed by atoms with Crippen molar-refractivity contribution in [3.63, 3.8) is 0 Å². The second-order valence-corrected chi connectivity index (χ2v) is 5.98. The Labute approximate surface area is 166 Å². The fraction of sp³-hybridized carbons (Fsp3) is 0.150. The average Bonchev–Trinajstić information content (AvgIpc) is 3.14. The molecule has 148 valence electrons. The highest BCUT2D eigenvalue weighted by Crippen LogP contribution is 2.19. The van der Waals surface area contributed by atoms with Crippen molar-refractivity contribution < 1.29 is 23.9 Å². The first-order valence-electron chi connectivity index (χ1n) is 8.53. The minimum absolute atomic E-state index is 0.103. The predicted molar refractivity (Wildman–Crippen MR) is 103 cm³/mol. The molecule has 1 amide bonds. The number of methoxy groups -OCH3 is 2. The van der Waals surface area contributed by atoms with Crippen LogP contribution in [0.2, 0.25) is 0 Å². The van der Waals surface area contributed by atoms with Crippen LogP contribution in [-0.4, -0.2) is 46.8 Å². The Morgan fingerprint density at radius 2 is 1.66 bits per heavy atom. The van der Waals surface area contributed by atoms with Crippen molar-refractivity contribution in [1.82, 2.24) is 14.8 Å². The number of aromatic nitrogens is 3. The lowest BCUT2D eigenvalue weighted by Crippen LogP contribution is -2.15. The largest absolute Gasteiger partial charge is 0.465 e. The first kappa shape index (κ1) is 19.7. The Bertz CT molecular complexity index is 1040. The molecule has 0 aliphatic rings. The molecule has 1 aromatic carbocycles. The van der Waals surface area contributed by atoms with Crippen LogP contribution in [0.4, 0.5) is 5.69 Å². The van der Waals surface area contributed by atoms with Crippen molar-refractivity contribution >= 4 is 23.5 Å². The van der Waals surface area contributed by atoms with Gasteiger partial charge in [-0.15, -0.1) is 0 Å². The van der Waals surface area contributed by atoms with Gasteiger partial charge in [-0.2, -0.15) is 5.10 Å². The Kier molecular flexibility index (Phi) is 5.68. The molecule has 0 aliphatic heterocycles. The fourth-order valence-electron chi connectivity index (χ4n) is 2.71. The van der Waals surface area contributed by atoms with Gasteiger partial charge in [0.15, 0.2) is 5.82 Å². The van der Waals surface area contributed by atoms with Crippen LogP contribution in [0.15, 0.2) is 48.8 Å². The number of benzene rings is 1. The van der Waals surface area contributed by atoms with Gasteiger partial charge in [0.25, 0.3) is 5.91 Å². The number of esters is 2. The van der Waals surface area contributed by atoms with Crippen molar-refractivity contribution in [2.45, 2.75) is 6.92 Å². The molecule has 2 heterocycles. The molecule has 3 rings (SSSR count). The van der Waals surface area contributed by atoms with Gasteiger partial charge in [-0.1, -0.05) is 6.07 Å². The van der Waals surface area contributed by atoms with Gasteiger partial charge in [-0.25, -0.2) is 19.3 Å². The summed E-state index contributed by atoms with van der Waals surface area (Å²) in [6, 6.07) is 9.52. The zero-order valence-corrected chi connectivity index (χ0v) is 16.0. The second-order valence-electron chi connectivity index (χ2n) is 5.98. The van der Waals surface area contributed by atoms with Gasteiger partial charge in [0.2, 0.25) is 0 Å². The van der Waals surface area contributed by atoms with E-state index >= 15 is 0 Å². The maximum Gasteiger partial charge on any atom is 0.337 e. The Hall–Kier alpha value is -4.01. The smallest absolute Gasteiger partial charge is 0.337 e. The lowest BCUT2D eigenvalue weighted by Gasteiger charge is -2.10. The number of carbonyl (C=O) groups is 3. The summed E-state index contributed by atoms with van der Waals surface area (Å²) in [5, 5.41) is 6.89. The molecule has 0 saturated heterocycles. The maximum atomic E-state index is 12.8. The molecule has 9 nitrogen and oxygen atoms in total. The molecule has 0 aliphatic carbocycles. The molecule has 0 unspecified atom stereocenters. The molecule has 1 N–H and O–H groups in total. The zero-order valence-electron chi connectivity index (χ0n) is 16.0. The standard InChI is InChI=1S/C20H18N4O5/c1-12-16(11-22-24(12)17-6-4-5-7-21-17)18(25)23-15-9-13(19(26)28-2)8-14(10-15)20(27)29-3/h4-11H,1-3H3,(H,23,25). The van der Waals surface area contributed by atoms with Crippen LogP contribution in [0.1, 0.15) is 36.8 Å². The molecule has 0 bridgehead atoms. The van der Waals surface area contributed by atoms with Gasteiger partial charge in [0, 0.05) is 11.9 Å². The highest BCUT2D eigenvalue weighted by atomic mass is 16.5. The van der Waals surface area contributed by atoms with Gasteiger partial charge in [-0.3, -0.25) is 4.79 Å². The number of amides is 1. The molecule has 0 saturated carbocycles. The van der Waals surface area contributed by atoms with Crippen LogP contribution >= 0.6 is 0 Å². The van der Waals surface area contributed by atoms with E-state index < -0.39 is 17.8 Å². The van der Waals surface area contributed by atoms with E-state index in [0.717, 1.165) is 0 Å². The van der Waals surface area contributed by atoms with Gasteiger partial charge in [0.1, 0.15) is 0 Å². The van der Waals surface area contributed by atoms with E-state index in [1.807, 2.05) is 6.07 Å². The summed E-state index contributed by atoms with van der Waals surface area (Å²) in [5.74, 6) is -1.18. The topological polar surface area (TPSA) is 112 Å². The minimum atomic E-state index is -0.648. The van der Waals surface area contributed by atoms with Crippen LogP contribution in [-0.2, 0) is 9.47 Å². The second kappa shape index (κ2) is 8.34. The molecule has 3 aromatic rings. The van der Waals surface area contributed by atoms with Crippen LogP contribution in [0, 0.1) is 6.92 Å². The maximum absolute atomic E-state index is 12.8. The van der Waals surface area contributed by atoms with E-state index in [-0.39, 0.29) is 16.8 Å². The fourth-order valence-corrected chi connectivity index (χ4v) is 2.71. The number of carbonyl (C=O) groups excluding carboxylic acids is 3. The summed E-state index contributed by atoms with van der Waals surface area (Å²) in [4.78, 5) is 40.8. The quantitative estimate of drug-likeness (QED) is 0.661. The molecular formula is C20H18N4O5.